The molecule has 1 saturated carbocycles. The van der Waals surface area contributed by atoms with Gasteiger partial charge < -0.3 is 10.3 Å². The van der Waals surface area contributed by atoms with E-state index in [0.717, 1.165) is 12.8 Å². The third kappa shape index (κ3) is 1.69. The molecule has 0 radical (unpaired) electrons. The van der Waals surface area contributed by atoms with Gasteiger partial charge in [-0.3, -0.25) is 4.98 Å². The molecule has 0 spiro atoms. The van der Waals surface area contributed by atoms with Crippen molar-refractivity contribution in [1.29, 1.82) is 0 Å². The molecule has 1 atom stereocenters. The van der Waals surface area contributed by atoms with Crippen LogP contribution in [-0.4, -0.2) is 15.1 Å². The molecule has 16 heavy (non-hydrogen) atoms. The van der Waals surface area contributed by atoms with E-state index in [9.17, 15) is 0 Å². The van der Waals surface area contributed by atoms with E-state index in [4.69, 9.17) is 10.3 Å². The van der Waals surface area contributed by atoms with Gasteiger partial charge in [-0.05, 0) is 30.9 Å². The zero-order chi connectivity index (χ0) is 11.0. The fourth-order valence-electron chi connectivity index (χ4n) is 1.63. The van der Waals surface area contributed by atoms with Gasteiger partial charge in [-0.15, -0.1) is 0 Å². The van der Waals surface area contributed by atoms with Gasteiger partial charge in [-0.1, -0.05) is 11.2 Å². The number of aromatic nitrogens is 3. The van der Waals surface area contributed by atoms with Crippen molar-refractivity contribution in [3.63, 3.8) is 0 Å². The number of rotatable bonds is 3. The lowest BCUT2D eigenvalue weighted by atomic mass is 10.2. The average Bonchev–Trinajstić information content (AvgIpc) is 3.07. The van der Waals surface area contributed by atoms with Gasteiger partial charge in [-0.25, -0.2) is 0 Å². The topological polar surface area (TPSA) is 77.8 Å². The van der Waals surface area contributed by atoms with Crippen molar-refractivity contribution >= 4 is 0 Å². The Hall–Kier alpha value is -1.75. The first kappa shape index (κ1) is 9.47. The Kier molecular flexibility index (Phi) is 2.18. The summed E-state index contributed by atoms with van der Waals surface area (Å²) in [6.07, 6.45) is 4.01. The molecule has 82 valence electrons. The van der Waals surface area contributed by atoms with Gasteiger partial charge in [0.15, 0.2) is 0 Å². The minimum atomic E-state index is -0.120. The molecule has 0 amide bonds. The van der Waals surface area contributed by atoms with Crippen LogP contribution in [-0.2, 0) is 0 Å². The van der Waals surface area contributed by atoms with E-state index >= 15 is 0 Å². The molecule has 0 aliphatic heterocycles. The third-order valence-corrected chi connectivity index (χ3v) is 2.75. The first-order chi connectivity index (χ1) is 7.84. The van der Waals surface area contributed by atoms with Crippen molar-refractivity contribution in [2.75, 3.05) is 0 Å². The van der Waals surface area contributed by atoms with Gasteiger partial charge in [0.05, 0.1) is 6.04 Å². The summed E-state index contributed by atoms with van der Waals surface area (Å²) in [4.78, 5) is 8.43. The Labute approximate surface area is 92.7 Å². The Balaban J connectivity index is 1.87. The fraction of sp³-hybridized carbons (Fsp3) is 0.364. The molecular weight excluding hydrogens is 204 g/mol. The standard InChI is InChI=1S/C11H12N4O/c12-9(7-4-5-7)11-14-10(15-16-11)8-3-1-2-6-13-8/h1-3,6-7,9H,4-5,12H2. The predicted molar refractivity (Wildman–Crippen MR) is 57.2 cm³/mol. The highest BCUT2D eigenvalue weighted by molar-refractivity contribution is 5.47. The molecule has 2 aromatic heterocycles. The Morgan fingerprint density at radius 2 is 2.25 bits per heavy atom. The Bertz CT molecular complexity index is 478. The molecule has 5 heteroatoms. The zero-order valence-electron chi connectivity index (χ0n) is 8.71. The molecule has 1 unspecified atom stereocenters. The molecule has 3 rings (SSSR count). The van der Waals surface area contributed by atoms with Crippen molar-refractivity contribution < 1.29 is 4.52 Å². The number of hydrogen-bond donors (Lipinski definition) is 1. The maximum Gasteiger partial charge on any atom is 0.244 e. The van der Waals surface area contributed by atoms with Crippen LogP contribution >= 0.6 is 0 Å². The van der Waals surface area contributed by atoms with Crippen molar-refractivity contribution in [3.05, 3.63) is 30.3 Å². The quantitative estimate of drug-likeness (QED) is 0.842. The zero-order valence-corrected chi connectivity index (χ0v) is 8.71. The van der Waals surface area contributed by atoms with Crippen LogP contribution < -0.4 is 5.73 Å². The van der Waals surface area contributed by atoms with Crippen LogP contribution in [0, 0.1) is 5.92 Å². The van der Waals surface area contributed by atoms with E-state index in [1.807, 2.05) is 18.2 Å². The van der Waals surface area contributed by atoms with Gasteiger partial charge in [0.25, 0.3) is 0 Å². The molecule has 1 aliphatic carbocycles. The van der Waals surface area contributed by atoms with E-state index in [0.29, 0.717) is 23.3 Å². The van der Waals surface area contributed by atoms with Crippen molar-refractivity contribution in [2.24, 2.45) is 11.7 Å². The molecule has 0 saturated heterocycles. The average molecular weight is 216 g/mol. The van der Waals surface area contributed by atoms with E-state index < -0.39 is 0 Å². The van der Waals surface area contributed by atoms with Crippen LogP contribution in [0.4, 0.5) is 0 Å². The number of pyridine rings is 1. The smallest absolute Gasteiger partial charge is 0.244 e. The summed E-state index contributed by atoms with van der Waals surface area (Å²) < 4.78 is 5.16. The van der Waals surface area contributed by atoms with Crippen LogP contribution in [0.25, 0.3) is 11.5 Å². The van der Waals surface area contributed by atoms with Crippen LogP contribution in [0.5, 0.6) is 0 Å². The lowest BCUT2D eigenvalue weighted by Gasteiger charge is -2.01. The largest absolute Gasteiger partial charge is 0.337 e. The summed E-state index contributed by atoms with van der Waals surface area (Å²) >= 11 is 0. The van der Waals surface area contributed by atoms with Gasteiger partial charge >= 0.3 is 0 Å². The number of hydrogen-bond acceptors (Lipinski definition) is 5. The minimum Gasteiger partial charge on any atom is -0.337 e. The normalized spacial score (nSPS) is 17.3. The second-order valence-corrected chi connectivity index (χ2v) is 4.03. The van der Waals surface area contributed by atoms with E-state index in [-0.39, 0.29) is 6.04 Å². The first-order valence-corrected chi connectivity index (χ1v) is 5.35. The molecule has 5 nitrogen and oxygen atoms in total. The van der Waals surface area contributed by atoms with Crippen LogP contribution in [0.3, 0.4) is 0 Å². The lowest BCUT2D eigenvalue weighted by molar-refractivity contribution is 0.343. The highest BCUT2D eigenvalue weighted by Crippen LogP contribution is 2.39. The maximum absolute atomic E-state index is 5.98. The highest BCUT2D eigenvalue weighted by Gasteiger charge is 2.33. The van der Waals surface area contributed by atoms with Gasteiger partial charge in [0.2, 0.25) is 11.7 Å². The summed E-state index contributed by atoms with van der Waals surface area (Å²) in [6.45, 7) is 0. The fourth-order valence-corrected chi connectivity index (χ4v) is 1.63. The summed E-state index contributed by atoms with van der Waals surface area (Å²) in [7, 11) is 0. The van der Waals surface area contributed by atoms with Gasteiger partial charge in [0.1, 0.15) is 5.69 Å². The second kappa shape index (κ2) is 3.68. The van der Waals surface area contributed by atoms with Crippen molar-refractivity contribution in [1.82, 2.24) is 15.1 Å². The monoisotopic (exact) mass is 216 g/mol. The van der Waals surface area contributed by atoms with Gasteiger partial charge in [0, 0.05) is 6.20 Å². The van der Waals surface area contributed by atoms with Crippen LogP contribution in [0.2, 0.25) is 0 Å². The predicted octanol–water partition coefficient (Wildman–Crippen LogP) is 1.54. The van der Waals surface area contributed by atoms with Crippen LogP contribution in [0.15, 0.2) is 28.9 Å². The summed E-state index contributed by atoms with van der Waals surface area (Å²) in [5, 5.41) is 3.89. The minimum absolute atomic E-state index is 0.120. The molecule has 2 aromatic rings. The van der Waals surface area contributed by atoms with Crippen LogP contribution in [0.1, 0.15) is 24.8 Å². The Morgan fingerprint density at radius 3 is 2.94 bits per heavy atom. The van der Waals surface area contributed by atoms with Gasteiger partial charge in [-0.2, -0.15) is 4.98 Å². The number of nitrogens with two attached hydrogens (primary N) is 1. The molecular formula is C11H12N4O. The molecule has 1 fully saturated rings. The summed E-state index contributed by atoms with van der Waals surface area (Å²) in [5.74, 6) is 1.53. The summed E-state index contributed by atoms with van der Waals surface area (Å²) in [6, 6.07) is 5.46. The summed E-state index contributed by atoms with van der Waals surface area (Å²) in [5.41, 5.74) is 6.68. The van der Waals surface area contributed by atoms with E-state index in [1.165, 1.54) is 0 Å². The molecule has 0 aromatic carbocycles. The SMILES string of the molecule is NC(c1nc(-c2ccccn2)no1)C1CC1. The molecule has 0 bridgehead atoms. The van der Waals surface area contributed by atoms with Crippen molar-refractivity contribution in [2.45, 2.75) is 18.9 Å². The Morgan fingerprint density at radius 1 is 1.38 bits per heavy atom. The highest BCUT2D eigenvalue weighted by atomic mass is 16.5. The molecule has 1 aliphatic rings. The molecule has 2 heterocycles. The van der Waals surface area contributed by atoms with E-state index in [1.54, 1.807) is 6.20 Å². The second-order valence-electron chi connectivity index (χ2n) is 4.03. The van der Waals surface area contributed by atoms with E-state index in [2.05, 4.69) is 15.1 Å². The molecule has 2 N–H and O–H groups in total. The lowest BCUT2D eigenvalue weighted by Crippen LogP contribution is -2.12. The maximum atomic E-state index is 5.98. The van der Waals surface area contributed by atoms with Crippen molar-refractivity contribution in [3.8, 4) is 11.5 Å². The third-order valence-electron chi connectivity index (χ3n) is 2.75. The first-order valence-electron chi connectivity index (χ1n) is 5.35. The number of nitrogens with zero attached hydrogens (tertiary/aromatic N) is 3.